The fourth-order valence-corrected chi connectivity index (χ4v) is 2.48. The Hall–Kier alpha value is -2.82. The molecule has 5 nitrogen and oxygen atoms in total. The van der Waals surface area contributed by atoms with E-state index in [1.807, 2.05) is 36.4 Å². The van der Waals surface area contributed by atoms with Gasteiger partial charge in [0, 0.05) is 12.4 Å². The topological polar surface area (TPSA) is 67.8 Å². The molecule has 5 heteroatoms. The van der Waals surface area contributed by atoms with Crippen LogP contribution in [0.15, 0.2) is 55.0 Å². The molecule has 0 radical (unpaired) electrons. The molecule has 23 heavy (non-hydrogen) atoms. The van der Waals surface area contributed by atoms with Gasteiger partial charge in [0.25, 0.3) is 5.91 Å². The lowest BCUT2D eigenvalue weighted by molar-refractivity contribution is 0.0920. The molecule has 2 heterocycles. The summed E-state index contributed by atoms with van der Waals surface area (Å²) in [5.41, 5.74) is 2.78. The van der Waals surface area contributed by atoms with Crippen LogP contribution in [0.3, 0.4) is 0 Å². The van der Waals surface area contributed by atoms with Crippen LogP contribution in [0.25, 0.3) is 11.0 Å². The highest BCUT2D eigenvalue weighted by Gasteiger charge is 2.20. The molecule has 0 fully saturated rings. The molecule has 1 amide bonds. The van der Waals surface area contributed by atoms with Gasteiger partial charge in [0.1, 0.15) is 5.69 Å². The lowest BCUT2D eigenvalue weighted by atomic mass is 9.97. The van der Waals surface area contributed by atoms with Crippen LogP contribution in [0.2, 0.25) is 0 Å². The lowest BCUT2D eigenvalue weighted by Crippen LogP contribution is -2.32. The number of nitrogens with one attached hydrogen (secondary N) is 1. The molecule has 1 aromatic carbocycles. The van der Waals surface area contributed by atoms with E-state index in [9.17, 15) is 4.79 Å². The quantitative estimate of drug-likeness (QED) is 0.804. The number of para-hydroxylation sites is 2. The number of pyridine rings is 1. The van der Waals surface area contributed by atoms with E-state index in [4.69, 9.17) is 0 Å². The van der Waals surface area contributed by atoms with Crippen molar-refractivity contribution in [2.75, 3.05) is 0 Å². The molecule has 3 aromatic rings. The van der Waals surface area contributed by atoms with E-state index in [-0.39, 0.29) is 17.9 Å². The van der Waals surface area contributed by atoms with Gasteiger partial charge < -0.3 is 5.32 Å². The first-order valence-electron chi connectivity index (χ1n) is 7.57. The van der Waals surface area contributed by atoms with Crippen molar-refractivity contribution in [1.29, 1.82) is 0 Å². The number of benzene rings is 1. The Labute approximate surface area is 134 Å². The zero-order valence-electron chi connectivity index (χ0n) is 13.1. The summed E-state index contributed by atoms with van der Waals surface area (Å²) in [4.78, 5) is 25.4. The molecule has 0 bridgehead atoms. The van der Waals surface area contributed by atoms with Gasteiger partial charge in [0.05, 0.1) is 23.3 Å². The number of nitrogens with zero attached hydrogens (tertiary/aromatic N) is 3. The van der Waals surface area contributed by atoms with Crippen molar-refractivity contribution in [1.82, 2.24) is 20.3 Å². The summed E-state index contributed by atoms with van der Waals surface area (Å²) in [5, 5.41) is 3.03. The molecule has 3 rings (SSSR count). The van der Waals surface area contributed by atoms with Crippen molar-refractivity contribution in [3.8, 4) is 0 Å². The molecule has 0 aliphatic heterocycles. The Morgan fingerprint density at radius 2 is 1.83 bits per heavy atom. The average Bonchev–Trinajstić information content (AvgIpc) is 2.59. The van der Waals surface area contributed by atoms with E-state index in [0.29, 0.717) is 11.2 Å². The molecule has 1 atom stereocenters. The van der Waals surface area contributed by atoms with E-state index < -0.39 is 0 Å². The highest BCUT2D eigenvalue weighted by atomic mass is 16.1. The summed E-state index contributed by atoms with van der Waals surface area (Å²) in [6.07, 6.45) is 5.01. The van der Waals surface area contributed by atoms with Crippen LogP contribution < -0.4 is 5.32 Å². The molecular formula is C18H18N4O. The molecular weight excluding hydrogens is 288 g/mol. The Kier molecular flexibility index (Phi) is 4.28. The minimum absolute atomic E-state index is 0.121. The van der Waals surface area contributed by atoms with E-state index in [2.05, 4.69) is 34.1 Å². The third kappa shape index (κ3) is 3.34. The highest BCUT2D eigenvalue weighted by molar-refractivity contribution is 5.94. The maximum absolute atomic E-state index is 12.5. The largest absolute Gasteiger partial charge is 0.344 e. The summed E-state index contributed by atoms with van der Waals surface area (Å²) in [6, 6.07) is 11.2. The van der Waals surface area contributed by atoms with E-state index in [0.717, 1.165) is 11.1 Å². The van der Waals surface area contributed by atoms with Gasteiger partial charge in [-0.25, -0.2) is 4.98 Å². The first-order chi connectivity index (χ1) is 11.1. The van der Waals surface area contributed by atoms with Gasteiger partial charge >= 0.3 is 0 Å². The zero-order chi connectivity index (χ0) is 16.2. The van der Waals surface area contributed by atoms with Crippen LogP contribution in [0.4, 0.5) is 0 Å². The predicted octanol–water partition coefficient (Wildman–Crippen LogP) is 3.15. The second-order valence-corrected chi connectivity index (χ2v) is 5.73. The van der Waals surface area contributed by atoms with Crippen LogP contribution in [-0.4, -0.2) is 20.9 Å². The Balaban J connectivity index is 1.86. The summed E-state index contributed by atoms with van der Waals surface area (Å²) in [6.45, 7) is 4.12. The fourth-order valence-electron chi connectivity index (χ4n) is 2.48. The number of carbonyl (C=O) groups excluding carboxylic acids is 1. The van der Waals surface area contributed by atoms with E-state index >= 15 is 0 Å². The normalized spacial score (nSPS) is 12.3. The maximum atomic E-state index is 12.5. The van der Waals surface area contributed by atoms with Gasteiger partial charge in [0.15, 0.2) is 0 Å². The standard InChI is InChI=1S/C18H18N4O/c1-12(2)17(13-6-5-9-19-10-13)22-18(23)16-11-20-14-7-3-4-8-15(14)21-16/h3-12,17H,1-2H3,(H,22,23)/t17-/m1/s1. The van der Waals surface area contributed by atoms with Crippen molar-refractivity contribution in [3.63, 3.8) is 0 Å². The van der Waals surface area contributed by atoms with E-state index in [1.54, 1.807) is 12.4 Å². The maximum Gasteiger partial charge on any atom is 0.271 e. The average molecular weight is 306 g/mol. The molecule has 0 saturated heterocycles. The molecule has 0 aliphatic carbocycles. The second kappa shape index (κ2) is 6.52. The van der Waals surface area contributed by atoms with Crippen LogP contribution in [0.1, 0.15) is 35.9 Å². The first-order valence-corrected chi connectivity index (χ1v) is 7.57. The van der Waals surface area contributed by atoms with Gasteiger partial charge in [-0.1, -0.05) is 32.0 Å². The number of amides is 1. The van der Waals surface area contributed by atoms with Gasteiger partial charge in [-0.05, 0) is 29.7 Å². The first kappa shape index (κ1) is 15.1. The number of fused-ring (bicyclic) bond motifs is 1. The highest BCUT2D eigenvalue weighted by Crippen LogP contribution is 2.21. The number of hydrogen-bond donors (Lipinski definition) is 1. The molecule has 0 spiro atoms. The Bertz CT molecular complexity index is 817. The van der Waals surface area contributed by atoms with E-state index in [1.165, 1.54) is 6.20 Å². The molecule has 1 N–H and O–H groups in total. The second-order valence-electron chi connectivity index (χ2n) is 5.73. The SMILES string of the molecule is CC(C)[C@@H](NC(=O)c1cnc2ccccc2n1)c1cccnc1. The van der Waals surface area contributed by atoms with Crippen molar-refractivity contribution < 1.29 is 4.79 Å². The summed E-state index contributed by atoms with van der Waals surface area (Å²) in [7, 11) is 0. The van der Waals surface area contributed by atoms with Crippen molar-refractivity contribution in [3.05, 3.63) is 66.2 Å². The Morgan fingerprint density at radius 1 is 1.04 bits per heavy atom. The molecule has 0 saturated carbocycles. The minimum Gasteiger partial charge on any atom is -0.344 e. The number of aromatic nitrogens is 3. The fraction of sp³-hybridized carbons (Fsp3) is 0.222. The van der Waals surface area contributed by atoms with Crippen molar-refractivity contribution >= 4 is 16.9 Å². The lowest BCUT2D eigenvalue weighted by Gasteiger charge is -2.22. The molecule has 116 valence electrons. The molecule has 2 aromatic heterocycles. The Morgan fingerprint density at radius 3 is 2.52 bits per heavy atom. The third-order valence-corrected chi connectivity index (χ3v) is 3.68. The number of carbonyl (C=O) groups is 1. The summed E-state index contributed by atoms with van der Waals surface area (Å²) >= 11 is 0. The van der Waals surface area contributed by atoms with Gasteiger partial charge in [-0.15, -0.1) is 0 Å². The zero-order valence-corrected chi connectivity index (χ0v) is 13.1. The van der Waals surface area contributed by atoms with Crippen LogP contribution in [-0.2, 0) is 0 Å². The van der Waals surface area contributed by atoms with Crippen molar-refractivity contribution in [2.45, 2.75) is 19.9 Å². The van der Waals surface area contributed by atoms with Crippen LogP contribution in [0.5, 0.6) is 0 Å². The summed E-state index contributed by atoms with van der Waals surface area (Å²) < 4.78 is 0. The number of rotatable bonds is 4. The number of hydrogen-bond acceptors (Lipinski definition) is 4. The van der Waals surface area contributed by atoms with Gasteiger partial charge in [-0.2, -0.15) is 0 Å². The van der Waals surface area contributed by atoms with Crippen LogP contribution >= 0.6 is 0 Å². The van der Waals surface area contributed by atoms with Gasteiger partial charge in [-0.3, -0.25) is 14.8 Å². The summed E-state index contributed by atoms with van der Waals surface area (Å²) in [5.74, 6) is 0.00220. The van der Waals surface area contributed by atoms with Crippen LogP contribution in [0, 0.1) is 5.92 Å². The smallest absolute Gasteiger partial charge is 0.271 e. The predicted molar refractivity (Wildman–Crippen MR) is 88.8 cm³/mol. The molecule has 0 aliphatic rings. The van der Waals surface area contributed by atoms with Crippen molar-refractivity contribution in [2.24, 2.45) is 5.92 Å². The minimum atomic E-state index is -0.231. The van der Waals surface area contributed by atoms with Gasteiger partial charge in [0.2, 0.25) is 0 Å². The molecule has 0 unspecified atom stereocenters. The third-order valence-electron chi connectivity index (χ3n) is 3.68. The monoisotopic (exact) mass is 306 g/mol.